The van der Waals surface area contributed by atoms with Gasteiger partial charge in [-0.1, -0.05) is 35.0 Å². The first kappa shape index (κ1) is 15.1. The molecule has 0 bridgehead atoms. The van der Waals surface area contributed by atoms with Crippen molar-refractivity contribution >= 4 is 63.2 Å². The topological polar surface area (TPSA) is 89.6 Å². The first-order valence-electron chi connectivity index (χ1n) is 6.12. The molecule has 0 radical (unpaired) electrons. The molecule has 0 fully saturated rings. The Balaban J connectivity index is 2.07. The molecular weight excluding hydrogens is 343 g/mol. The summed E-state index contributed by atoms with van der Waals surface area (Å²) in [5, 5.41) is 4.51. The van der Waals surface area contributed by atoms with Gasteiger partial charge in [-0.05, 0) is 18.4 Å². The Bertz CT molecular complexity index is 834. The Morgan fingerprint density at radius 1 is 1.14 bits per heavy atom. The summed E-state index contributed by atoms with van der Waals surface area (Å²) >= 11 is 13.5. The zero-order valence-electron chi connectivity index (χ0n) is 11.3. The van der Waals surface area contributed by atoms with Crippen molar-refractivity contribution in [3.8, 4) is 0 Å². The van der Waals surface area contributed by atoms with Gasteiger partial charge in [0, 0.05) is 5.69 Å². The van der Waals surface area contributed by atoms with Crippen molar-refractivity contribution in [1.82, 2.24) is 19.9 Å². The van der Waals surface area contributed by atoms with Gasteiger partial charge in [0.15, 0.2) is 11.0 Å². The van der Waals surface area contributed by atoms with Crippen LogP contribution in [-0.2, 0) is 0 Å². The Hall–Kier alpha value is -1.83. The second kappa shape index (κ2) is 6.12. The van der Waals surface area contributed by atoms with Gasteiger partial charge in [0.2, 0.25) is 0 Å². The number of nitrogen functional groups attached to an aromatic ring is 1. The lowest BCUT2D eigenvalue weighted by atomic mass is 10.2. The Labute approximate surface area is 140 Å². The average Bonchev–Trinajstić information content (AvgIpc) is 2.52. The largest absolute Gasteiger partial charge is 0.396 e. The lowest BCUT2D eigenvalue weighted by Gasteiger charge is -2.10. The van der Waals surface area contributed by atoms with Crippen LogP contribution in [0.15, 0.2) is 29.8 Å². The fraction of sp³-hybridized carbons (Fsp3) is 0.0769. The quantitative estimate of drug-likeness (QED) is 0.421. The number of nitrogens with one attached hydrogen (secondary N) is 1. The molecule has 3 aromatic rings. The molecule has 0 aliphatic heterocycles. The van der Waals surface area contributed by atoms with E-state index in [-0.39, 0.29) is 0 Å². The molecule has 0 spiro atoms. The van der Waals surface area contributed by atoms with E-state index in [1.165, 1.54) is 18.1 Å². The number of nitrogens with two attached hydrogens (primary N) is 1. The number of hydrogen-bond acceptors (Lipinski definition) is 7. The van der Waals surface area contributed by atoms with Crippen molar-refractivity contribution in [3.05, 3.63) is 34.7 Å². The first-order valence-corrected chi connectivity index (χ1v) is 8.10. The monoisotopic (exact) mass is 352 g/mol. The van der Waals surface area contributed by atoms with Gasteiger partial charge in [-0.2, -0.15) is 0 Å². The van der Waals surface area contributed by atoms with E-state index in [4.69, 9.17) is 28.9 Å². The number of anilines is 3. The summed E-state index contributed by atoms with van der Waals surface area (Å²) in [5.41, 5.74) is 7.99. The number of benzene rings is 1. The molecule has 0 unspecified atom stereocenters. The number of hydrogen-bond donors (Lipinski definition) is 2. The number of halogens is 2. The average molecular weight is 353 g/mol. The highest BCUT2D eigenvalue weighted by Crippen LogP contribution is 2.33. The van der Waals surface area contributed by atoms with E-state index < -0.39 is 0 Å². The maximum atomic E-state index is 6.04. The molecule has 3 rings (SSSR count). The van der Waals surface area contributed by atoms with Crippen molar-refractivity contribution in [2.45, 2.75) is 5.16 Å². The van der Waals surface area contributed by atoms with Gasteiger partial charge in [0.25, 0.3) is 0 Å². The molecule has 0 aliphatic carbocycles. The summed E-state index contributed by atoms with van der Waals surface area (Å²) < 4.78 is 0. The van der Waals surface area contributed by atoms with Gasteiger partial charge >= 0.3 is 0 Å². The molecule has 6 nitrogen and oxygen atoms in total. The van der Waals surface area contributed by atoms with Crippen LogP contribution in [0.2, 0.25) is 10.0 Å². The zero-order chi connectivity index (χ0) is 15.7. The Morgan fingerprint density at radius 3 is 2.55 bits per heavy atom. The second-order valence-electron chi connectivity index (χ2n) is 4.29. The number of fused-ring (bicyclic) bond motifs is 1. The summed E-state index contributed by atoms with van der Waals surface area (Å²) in [7, 11) is 0. The van der Waals surface area contributed by atoms with Crippen LogP contribution >= 0.6 is 35.0 Å². The van der Waals surface area contributed by atoms with Crippen LogP contribution in [-0.4, -0.2) is 26.2 Å². The number of aromatic nitrogens is 4. The lowest BCUT2D eigenvalue weighted by molar-refractivity contribution is 0.993. The van der Waals surface area contributed by atoms with Crippen LogP contribution < -0.4 is 11.1 Å². The predicted octanol–water partition coefficient (Wildman–Crippen LogP) is 3.77. The van der Waals surface area contributed by atoms with Crippen molar-refractivity contribution in [3.63, 3.8) is 0 Å². The van der Waals surface area contributed by atoms with Gasteiger partial charge in [-0.15, -0.1) is 0 Å². The molecule has 0 atom stereocenters. The SMILES string of the molecule is CSc1ncc2ncnc(Nc3cc(Cl)c(N)c(Cl)c3)c2n1. The fourth-order valence-electron chi connectivity index (χ4n) is 1.82. The molecule has 0 saturated heterocycles. The number of rotatable bonds is 3. The summed E-state index contributed by atoms with van der Waals surface area (Å²) in [6, 6.07) is 3.35. The first-order chi connectivity index (χ1) is 10.6. The smallest absolute Gasteiger partial charge is 0.188 e. The molecule has 0 aliphatic rings. The second-order valence-corrected chi connectivity index (χ2v) is 5.88. The lowest BCUT2D eigenvalue weighted by Crippen LogP contribution is -2.00. The highest BCUT2D eigenvalue weighted by atomic mass is 35.5. The minimum atomic E-state index is 0.341. The van der Waals surface area contributed by atoms with Crippen LogP contribution in [0.1, 0.15) is 0 Å². The van der Waals surface area contributed by atoms with Gasteiger partial charge < -0.3 is 11.1 Å². The van der Waals surface area contributed by atoms with E-state index in [0.717, 1.165) is 0 Å². The molecule has 3 N–H and O–H groups in total. The summed E-state index contributed by atoms with van der Waals surface area (Å²) in [6.45, 7) is 0. The Kier molecular flexibility index (Phi) is 4.19. The van der Waals surface area contributed by atoms with Crippen molar-refractivity contribution in [2.24, 2.45) is 0 Å². The third-order valence-electron chi connectivity index (χ3n) is 2.88. The molecule has 2 aromatic heterocycles. The van der Waals surface area contributed by atoms with Gasteiger partial charge in [0.1, 0.15) is 17.4 Å². The molecule has 9 heteroatoms. The van der Waals surface area contributed by atoms with Crippen molar-refractivity contribution < 1.29 is 0 Å². The summed E-state index contributed by atoms with van der Waals surface area (Å²) in [6.07, 6.45) is 4.99. The molecule has 0 amide bonds. The molecular formula is C13H10Cl2N6S. The maximum absolute atomic E-state index is 6.04. The fourth-order valence-corrected chi connectivity index (χ4v) is 2.65. The highest BCUT2D eigenvalue weighted by molar-refractivity contribution is 7.98. The van der Waals surface area contributed by atoms with Crippen LogP contribution in [0, 0.1) is 0 Å². The van der Waals surface area contributed by atoms with E-state index in [9.17, 15) is 0 Å². The minimum Gasteiger partial charge on any atom is -0.396 e. The van der Waals surface area contributed by atoms with Crippen LogP contribution in [0.5, 0.6) is 0 Å². The number of nitrogens with zero attached hydrogens (tertiary/aromatic N) is 4. The Morgan fingerprint density at radius 2 is 1.86 bits per heavy atom. The normalized spacial score (nSPS) is 10.9. The van der Waals surface area contributed by atoms with Gasteiger partial charge in [-0.25, -0.2) is 19.9 Å². The van der Waals surface area contributed by atoms with E-state index in [0.29, 0.717) is 43.4 Å². The maximum Gasteiger partial charge on any atom is 0.188 e. The molecule has 112 valence electrons. The molecule has 0 saturated carbocycles. The van der Waals surface area contributed by atoms with Crippen molar-refractivity contribution in [1.29, 1.82) is 0 Å². The van der Waals surface area contributed by atoms with Crippen LogP contribution in [0.25, 0.3) is 11.0 Å². The van der Waals surface area contributed by atoms with Crippen molar-refractivity contribution in [2.75, 3.05) is 17.3 Å². The van der Waals surface area contributed by atoms with E-state index in [2.05, 4.69) is 25.3 Å². The molecule has 1 aromatic carbocycles. The van der Waals surface area contributed by atoms with Crippen LogP contribution in [0.4, 0.5) is 17.2 Å². The molecule has 22 heavy (non-hydrogen) atoms. The van der Waals surface area contributed by atoms with E-state index >= 15 is 0 Å². The van der Waals surface area contributed by atoms with Crippen LogP contribution in [0.3, 0.4) is 0 Å². The minimum absolute atomic E-state index is 0.341. The summed E-state index contributed by atoms with van der Waals surface area (Å²) in [4.78, 5) is 17.0. The molecule has 2 heterocycles. The standard InChI is InChI=1S/C13H10Cl2N6S/c1-22-13-17-4-9-11(21-13)12(19-5-18-9)20-6-2-7(14)10(16)8(15)3-6/h2-5H,16H2,1H3,(H,18,19,20). The highest BCUT2D eigenvalue weighted by Gasteiger charge is 2.10. The predicted molar refractivity (Wildman–Crippen MR) is 91.1 cm³/mol. The van der Waals surface area contributed by atoms with E-state index in [1.807, 2.05) is 6.26 Å². The van der Waals surface area contributed by atoms with Gasteiger partial charge in [0.05, 0.1) is 21.9 Å². The third-order valence-corrected chi connectivity index (χ3v) is 4.07. The van der Waals surface area contributed by atoms with Gasteiger partial charge in [-0.3, -0.25) is 0 Å². The zero-order valence-corrected chi connectivity index (χ0v) is 13.7. The third kappa shape index (κ3) is 2.87. The number of thioether (sulfide) groups is 1. The summed E-state index contributed by atoms with van der Waals surface area (Å²) in [5.74, 6) is 0.541. The van der Waals surface area contributed by atoms with E-state index in [1.54, 1.807) is 18.3 Å².